The van der Waals surface area contributed by atoms with E-state index in [2.05, 4.69) is 20.3 Å². The molecule has 8 nitrogen and oxygen atoms in total. The second-order valence-corrected chi connectivity index (χ2v) is 11.5. The molecule has 2 aromatic carbocycles. The summed E-state index contributed by atoms with van der Waals surface area (Å²) < 4.78 is 31.8. The minimum Gasteiger partial charge on any atom is -0.388 e. The molecule has 0 saturated carbocycles. The molecular formula is C32H40ClF2N7O. The van der Waals surface area contributed by atoms with E-state index in [-0.39, 0.29) is 22.7 Å². The van der Waals surface area contributed by atoms with Gasteiger partial charge in [-0.25, -0.2) is 13.6 Å². The number of aromatic nitrogens is 3. The molecule has 2 aromatic heterocycles. The normalized spacial score (nSPS) is 13.5. The van der Waals surface area contributed by atoms with Crippen LogP contribution in [-0.2, 0) is 6.42 Å². The Hall–Kier alpha value is -3.60. The molecule has 4 rings (SSSR count). The fraction of sp³-hybridized carbons (Fsp3) is 0.406. The number of benzene rings is 2. The van der Waals surface area contributed by atoms with Gasteiger partial charge >= 0.3 is 5.69 Å². The zero-order valence-electron chi connectivity index (χ0n) is 24.9. The smallest absolute Gasteiger partial charge is 0.354 e. The molecule has 0 aliphatic rings. The van der Waals surface area contributed by atoms with E-state index in [1.807, 2.05) is 13.8 Å². The van der Waals surface area contributed by atoms with E-state index in [1.54, 1.807) is 43.5 Å². The maximum absolute atomic E-state index is 15.4. The molecule has 0 amide bonds. The van der Waals surface area contributed by atoms with Gasteiger partial charge in [-0.2, -0.15) is 4.98 Å². The third-order valence-electron chi connectivity index (χ3n) is 7.31. The highest BCUT2D eigenvalue weighted by molar-refractivity contribution is 6.31. The number of fused-ring (bicyclic) bond motifs is 1. The van der Waals surface area contributed by atoms with Gasteiger partial charge in [0, 0.05) is 41.3 Å². The number of halogens is 3. The Kier molecular flexibility index (Phi) is 11.1. The molecule has 11 heteroatoms. The van der Waals surface area contributed by atoms with Crippen LogP contribution in [0, 0.1) is 11.6 Å². The molecule has 0 radical (unpaired) electrons. The van der Waals surface area contributed by atoms with Crippen LogP contribution in [0.25, 0.3) is 28.0 Å². The summed E-state index contributed by atoms with van der Waals surface area (Å²) in [5, 5.41) is 4.00. The lowest BCUT2D eigenvalue weighted by Gasteiger charge is -2.20. The first kappa shape index (κ1) is 32.3. The van der Waals surface area contributed by atoms with Crippen LogP contribution >= 0.6 is 11.6 Å². The molecule has 2 unspecified atom stereocenters. The lowest BCUT2D eigenvalue weighted by molar-refractivity contribution is 0.466. The first-order valence-electron chi connectivity index (χ1n) is 14.7. The van der Waals surface area contributed by atoms with Gasteiger partial charge in [-0.05, 0) is 88.4 Å². The molecule has 0 aliphatic carbocycles. The first-order valence-corrected chi connectivity index (χ1v) is 15.1. The molecule has 0 bridgehead atoms. The van der Waals surface area contributed by atoms with Crippen molar-refractivity contribution < 1.29 is 8.78 Å². The molecule has 2 atom stereocenters. The van der Waals surface area contributed by atoms with E-state index in [4.69, 9.17) is 23.1 Å². The number of aromatic amines is 1. The lowest BCUT2D eigenvalue weighted by Crippen LogP contribution is -2.25. The average Bonchev–Trinajstić information content (AvgIpc) is 3.36. The Bertz CT molecular complexity index is 1640. The van der Waals surface area contributed by atoms with E-state index < -0.39 is 17.3 Å². The Morgan fingerprint density at radius 3 is 2.67 bits per heavy atom. The maximum atomic E-state index is 15.4. The van der Waals surface area contributed by atoms with Crippen LogP contribution in [0.5, 0.6) is 0 Å². The number of hydrogen-bond donors (Lipinski definition) is 4. The highest BCUT2D eigenvalue weighted by atomic mass is 35.5. The standard InChI is InChI=1S/C32H40ClF2N7O/c1-4-7-28(39-13-6-12-38-20(3)37)24-11-10-23(17-27(24)34)42-18-22-16-29(40-31(22)41-32(42)43)25-14-21(9-5-8-19(2)36)15-26(33)30(25)35/h10-11,14-19,28,39H,4-9,12-13,36H2,1-3H3,(H2,37,38)(H,40,41,43). The van der Waals surface area contributed by atoms with Gasteiger partial charge in [0.15, 0.2) is 5.82 Å². The predicted molar refractivity (Wildman–Crippen MR) is 171 cm³/mol. The quantitative estimate of drug-likeness (QED) is 0.0769. The van der Waals surface area contributed by atoms with Crippen molar-refractivity contribution in [1.29, 1.82) is 0 Å². The lowest BCUT2D eigenvalue weighted by atomic mass is 10.0. The highest BCUT2D eigenvalue weighted by Gasteiger charge is 2.18. The Labute approximate surface area is 255 Å². The average molecular weight is 612 g/mol. The number of H-pyrrole nitrogens is 1. The van der Waals surface area contributed by atoms with E-state index in [0.717, 1.165) is 37.7 Å². The molecule has 230 valence electrons. The van der Waals surface area contributed by atoms with Crippen molar-refractivity contribution in [3.05, 3.63) is 80.9 Å². The first-order chi connectivity index (χ1) is 20.6. The van der Waals surface area contributed by atoms with E-state index in [1.165, 1.54) is 10.6 Å². The van der Waals surface area contributed by atoms with Crippen LogP contribution in [0.1, 0.15) is 70.0 Å². The fourth-order valence-electron chi connectivity index (χ4n) is 5.15. The minimum absolute atomic E-state index is 0.0186. The fourth-order valence-corrected chi connectivity index (χ4v) is 5.40. The number of nitrogens with one attached hydrogen (secondary N) is 2. The van der Waals surface area contributed by atoms with Gasteiger partial charge in [-0.3, -0.25) is 9.56 Å². The van der Waals surface area contributed by atoms with Crippen LogP contribution < -0.4 is 22.5 Å². The number of rotatable bonds is 14. The number of aryl methyl sites for hydroxylation is 1. The van der Waals surface area contributed by atoms with Gasteiger partial charge in [0.25, 0.3) is 0 Å². The van der Waals surface area contributed by atoms with E-state index >= 15 is 8.78 Å². The van der Waals surface area contributed by atoms with Crippen molar-refractivity contribution in [1.82, 2.24) is 19.9 Å². The molecule has 2 heterocycles. The zero-order chi connectivity index (χ0) is 31.1. The Balaban J connectivity index is 1.60. The summed E-state index contributed by atoms with van der Waals surface area (Å²) in [6, 6.07) is 9.74. The minimum atomic E-state index is -0.588. The molecule has 0 aliphatic heterocycles. The number of amidine groups is 1. The third kappa shape index (κ3) is 8.28. The monoisotopic (exact) mass is 611 g/mol. The molecule has 0 spiro atoms. The third-order valence-corrected chi connectivity index (χ3v) is 7.59. The van der Waals surface area contributed by atoms with Crippen molar-refractivity contribution >= 4 is 28.5 Å². The molecular weight excluding hydrogens is 572 g/mol. The second-order valence-electron chi connectivity index (χ2n) is 11.1. The van der Waals surface area contributed by atoms with Crippen LogP contribution in [0.2, 0.25) is 5.02 Å². The van der Waals surface area contributed by atoms with E-state index in [0.29, 0.717) is 53.3 Å². The molecule has 6 N–H and O–H groups in total. The van der Waals surface area contributed by atoms with Gasteiger partial charge < -0.3 is 21.8 Å². The van der Waals surface area contributed by atoms with Gasteiger partial charge in [-0.1, -0.05) is 31.0 Å². The van der Waals surface area contributed by atoms with Gasteiger partial charge in [0.1, 0.15) is 11.5 Å². The molecule has 43 heavy (non-hydrogen) atoms. The topological polar surface area (TPSA) is 127 Å². The van der Waals surface area contributed by atoms with Crippen molar-refractivity contribution in [2.24, 2.45) is 16.5 Å². The maximum Gasteiger partial charge on any atom is 0.354 e. The summed E-state index contributed by atoms with van der Waals surface area (Å²) >= 11 is 6.23. The number of nitrogens with two attached hydrogens (primary N) is 2. The second kappa shape index (κ2) is 14.7. The van der Waals surface area contributed by atoms with Gasteiger partial charge in [0.2, 0.25) is 0 Å². The molecule has 0 saturated heterocycles. The summed E-state index contributed by atoms with van der Waals surface area (Å²) in [6.07, 6.45) is 6.38. The number of aliphatic imine (C=N–C) groups is 1. The summed E-state index contributed by atoms with van der Waals surface area (Å²) in [4.78, 5) is 24.4. The van der Waals surface area contributed by atoms with Gasteiger partial charge in [-0.15, -0.1) is 0 Å². The van der Waals surface area contributed by atoms with Crippen molar-refractivity contribution in [2.45, 2.75) is 71.4 Å². The predicted octanol–water partition coefficient (Wildman–Crippen LogP) is 6.18. The van der Waals surface area contributed by atoms with E-state index in [9.17, 15) is 4.79 Å². The SMILES string of the molecule is CCCC(NCCCN=C(C)N)c1ccc(-n2cc3cc(-c4cc(CCCC(C)N)cc(Cl)c4F)[nH]c3nc2=O)cc1F. The molecule has 0 fully saturated rings. The Morgan fingerprint density at radius 2 is 1.98 bits per heavy atom. The number of hydrogen-bond acceptors (Lipinski definition) is 5. The summed E-state index contributed by atoms with van der Waals surface area (Å²) in [5.74, 6) is -0.437. The summed E-state index contributed by atoms with van der Waals surface area (Å²) in [7, 11) is 0. The van der Waals surface area contributed by atoms with Gasteiger partial charge in [0.05, 0.1) is 22.2 Å². The largest absolute Gasteiger partial charge is 0.388 e. The highest BCUT2D eigenvalue weighted by Crippen LogP contribution is 2.31. The summed E-state index contributed by atoms with van der Waals surface area (Å²) in [5.41, 5.74) is 13.7. The van der Waals surface area contributed by atoms with Crippen molar-refractivity contribution in [3.8, 4) is 16.9 Å². The van der Waals surface area contributed by atoms with Crippen molar-refractivity contribution in [3.63, 3.8) is 0 Å². The molecule has 4 aromatic rings. The van der Waals surface area contributed by atoms with Crippen LogP contribution in [-0.4, -0.2) is 39.5 Å². The van der Waals surface area contributed by atoms with Crippen LogP contribution in [0.3, 0.4) is 0 Å². The number of nitrogens with zero attached hydrogens (tertiary/aromatic N) is 3. The Morgan fingerprint density at radius 1 is 1.19 bits per heavy atom. The van der Waals surface area contributed by atoms with Crippen LogP contribution in [0.15, 0.2) is 52.4 Å². The zero-order valence-corrected chi connectivity index (χ0v) is 25.6. The summed E-state index contributed by atoms with van der Waals surface area (Å²) in [6.45, 7) is 7.02. The van der Waals surface area contributed by atoms with Crippen molar-refractivity contribution in [2.75, 3.05) is 13.1 Å². The van der Waals surface area contributed by atoms with Crippen LogP contribution in [0.4, 0.5) is 8.78 Å².